The Kier molecular flexibility index (Phi) is 4.45. The number of hydrogen-bond donors (Lipinski definition) is 1. The zero-order valence-corrected chi connectivity index (χ0v) is 10.5. The van der Waals surface area contributed by atoms with Gasteiger partial charge in [0.15, 0.2) is 0 Å². The van der Waals surface area contributed by atoms with Crippen LogP contribution in [0.25, 0.3) is 0 Å². The van der Waals surface area contributed by atoms with E-state index in [1.807, 2.05) is 6.92 Å². The van der Waals surface area contributed by atoms with Crippen molar-refractivity contribution in [2.75, 3.05) is 13.6 Å². The summed E-state index contributed by atoms with van der Waals surface area (Å²) in [7, 11) is 1.51. The maximum atomic E-state index is 11.9. The van der Waals surface area contributed by atoms with Crippen LogP contribution < -0.4 is 5.73 Å². The first kappa shape index (κ1) is 13.4. The van der Waals surface area contributed by atoms with E-state index in [4.69, 9.17) is 17.3 Å². The Balaban J connectivity index is 2.95. The summed E-state index contributed by atoms with van der Waals surface area (Å²) in [6.07, 6.45) is 0.681. The lowest BCUT2D eigenvalue weighted by Crippen LogP contribution is -2.35. The van der Waals surface area contributed by atoms with Gasteiger partial charge in [0.1, 0.15) is 5.15 Å². The Morgan fingerprint density at radius 3 is 2.65 bits per heavy atom. The van der Waals surface area contributed by atoms with E-state index in [-0.39, 0.29) is 17.6 Å². The summed E-state index contributed by atoms with van der Waals surface area (Å²) in [4.78, 5) is 28.0. The first-order valence-electron chi connectivity index (χ1n) is 5.14. The number of rotatable bonds is 4. The molecule has 0 atom stereocenters. The van der Waals surface area contributed by atoms with Crippen molar-refractivity contribution in [3.8, 4) is 0 Å². The second-order valence-electron chi connectivity index (χ2n) is 3.65. The number of primary amides is 1. The zero-order chi connectivity index (χ0) is 13.0. The van der Waals surface area contributed by atoms with Gasteiger partial charge in [-0.2, -0.15) is 0 Å². The number of carbonyl (C=O) groups is 2. The number of halogens is 1. The van der Waals surface area contributed by atoms with Crippen molar-refractivity contribution in [2.45, 2.75) is 13.3 Å². The summed E-state index contributed by atoms with van der Waals surface area (Å²) in [5.74, 6) is -0.862. The van der Waals surface area contributed by atoms with E-state index in [9.17, 15) is 9.59 Å². The molecule has 0 aliphatic heterocycles. The fraction of sp³-hybridized carbons (Fsp3) is 0.364. The van der Waals surface area contributed by atoms with Crippen LogP contribution >= 0.6 is 11.6 Å². The molecule has 92 valence electrons. The monoisotopic (exact) mass is 255 g/mol. The van der Waals surface area contributed by atoms with Crippen molar-refractivity contribution in [3.63, 3.8) is 0 Å². The number of pyridine rings is 1. The Bertz CT molecular complexity index is 448. The second-order valence-corrected chi connectivity index (χ2v) is 4.04. The molecule has 6 heteroatoms. The van der Waals surface area contributed by atoms with Crippen LogP contribution in [0.15, 0.2) is 12.1 Å². The minimum absolute atomic E-state index is 0.125. The predicted molar refractivity (Wildman–Crippen MR) is 64.8 cm³/mol. The highest BCUT2D eigenvalue weighted by molar-refractivity contribution is 6.29. The number of amides is 2. The third kappa shape index (κ3) is 3.71. The fourth-order valence-electron chi connectivity index (χ4n) is 1.38. The maximum Gasteiger partial charge on any atom is 0.254 e. The lowest BCUT2D eigenvalue weighted by molar-refractivity contribution is -0.118. The molecule has 0 saturated carbocycles. The lowest BCUT2D eigenvalue weighted by Gasteiger charge is -2.15. The van der Waals surface area contributed by atoms with E-state index >= 15 is 0 Å². The zero-order valence-electron chi connectivity index (χ0n) is 9.74. The van der Waals surface area contributed by atoms with Gasteiger partial charge < -0.3 is 10.6 Å². The van der Waals surface area contributed by atoms with Crippen LogP contribution in [-0.2, 0) is 11.2 Å². The van der Waals surface area contributed by atoms with Crippen molar-refractivity contribution in [2.24, 2.45) is 5.73 Å². The van der Waals surface area contributed by atoms with Crippen LogP contribution in [0.3, 0.4) is 0 Å². The molecule has 1 aromatic rings. The van der Waals surface area contributed by atoms with E-state index in [1.54, 1.807) is 6.07 Å². The third-order valence-corrected chi connectivity index (χ3v) is 2.39. The minimum atomic E-state index is -0.559. The van der Waals surface area contributed by atoms with Crippen LogP contribution in [-0.4, -0.2) is 35.3 Å². The molecule has 0 aromatic carbocycles. The minimum Gasteiger partial charge on any atom is -0.368 e. The van der Waals surface area contributed by atoms with Gasteiger partial charge in [-0.15, -0.1) is 0 Å². The van der Waals surface area contributed by atoms with Crippen molar-refractivity contribution in [1.29, 1.82) is 0 Å². The fourth-order valence-corrected chi connectivity index (χ4v) is 1.61. The first-order valence-corrected chi connectivity index (χ1v) is 5.52. The molecule has 1 rings (SSSR count). The standard InChI is InChI=1S/C11H14ClN3O2/c1-3-8-4-7(5-9(12)14-8)11(17)15(2)6-10(13)16/h4-5H,3,6H2,1-2H3,(H2,13,16). The summed E-state index contributed by atoms with van der Waals surface area (Å²) in [5, 5.41) is 0.264. The van der Waals surface area contributed by atoms with Crippen LogP contribution in [0.5, 0.6) is 0 Å². The molecule has 1 heterocycles. The molecule has 0 aliphatic rings. The molecule has 2 amide bonds. The van der Waals surface area contributed by atoms with Gasteiger partial charge in [0.25, 0.3) is 5.91 Å². The number of carbonyl (C=O) groups excluding carboxylic acids is 2. The number of aromatic nitrogens is 1. The first-order chi connectivity index (χ1) is 7.93. The largest absolute Gasteiger partial charge is 0.368 e. The Labute approximate surface area is 105 Å². The smallest absolute Gasteiger partial charge is 0.254 e. The molecule has 0 aliphatic carbocycles. The summed E-state index contributed by atoms with van der Waals surface area (Å²) in [6.45, 7) is 1.79. The molecule has 0 spiro atoms. The number of hydrogen-bond acceptors (Lipinski definition) is 3. The Hall–Kier alpha value is -1.62. The highest BCUT2D eigenvalue weighted by Crippen LogP contribution is 2.13. The van der Waals surface area contributed by atoms with Gasteiger partial charge >= 0.3 is 0 Å². The molecule has 17 heavy (non-hydrogen) atoms. The molecule has 5 nitrogen and oxygen atoms in total. The molecule has 2 N–H and O–H groups in total. The molecule has 0 fully saturated rings. The predicted octanol–water partition coefficient (Wildman–Crippen LogP) is 0.855. The highest BCUT2D eigenvalue weighted by atomic mass is 35.5. The molecule has 0 saturated heterocycles. The van der Waals surface area contributed by atoms with Crippen LogP contribution in [0.4, 0.5) is 0 Å². The van der Waals surface area contributed by atoms with Crippen molar-refractivity contribution in [1.82, 2.24) is 9.88 Å². The quantitative estimate of drug-likeness (QED) is 0.811. The van der Waals surface area contributed by atoms with Gasteiger partial charge in [0.2, 0.25) is 5.91 Å². The normalized spacial score (nSPS) is 10.1. The van der Waals surface area contributed by atoms with Crippen LogP contribution in [0, 0.1) is 0 Å². The topological polar surface area (TPSA) is 76.3 Å². The maximum absolute atomic E-state index is 11.9. The summed E-state index contributed by atoms with van der Waals surface area (Å²) >= 11 is 5.81. The number of likely N-dealkylation sites (N-methyl/N-ethyl adjacent to an activating group) is 1. The van der Waals surface area contributed by atoms with Gasteiger partial charge in [-0.05, 0) is 18.6 Å². The van der Waals surface area contributed by atoms with Gasteiger partial charge in [-0.1, -0.05) is 18.5 Å². The number of nitrogens with two attached hydrogens (primary N) is 1. The van der Waals surface area contributed by atoms with E-state index in [0.29, 0.717) is 12.0 Å². The van der Waals surface area contributed by atoms with E-state index in [0.717, 1.165) is 5.69 Å². The molecule has 1 aromatic heterocycles. The number of aryl methyl sites for hydroxylation is 1. The number of nitrogens with zero attached hydrogens (tertiary/aromatic N) is 2. The highest BCUT2D eigenvalue weighted by Gasteiger charge is 2.15. The average molecular weight is 256 g/mol. The van der Waals surface area contributed by atoms with E-state index < -0.39 is 5.91 Å². The van der Waals surface area contributed by atoms with Gasteiger partial charge in [0, 0.05) is 18.3 Å². The van der Waals surface area contributed by atoms with Gasteiger partial charge in [-0.3, -0.25) is 9.59 Å². The van der Waals surface area contributed by atoms with Crippen LogP contribution in [0.1, 0.15) is 23.0 Å². The molecule has 0 unspecified atom stereocenters. The average Bonchev–Trinajstić information content (AvgIpc) is 2.26. The summed E-state index contributed by atoms with van der Waals surface area (Å²) in [5.41, 5.74) is 6.16. The molecular weight excluding hydrogens is 242 g/mol. The second kappa shape index (κ2) is 5.63. The van der Waals surface area contributed by atoms with Gasteiger partial charge in [0.05, 0.1) is 6.54 Å². The van der Waals surface area contributed by atoms with E-state index in [1.165, 1.54) is 18.0 Å². The Morgan fingerprint density at radius 2 is 2.12 bits per heavy atom. The van der Waals surface area contributed by atoms with E-state index in [2.05, 4.69) is 4.98 Å². The van der Waals surface area contributed by atoms with Crippen LogP contribution in [0.2, 0.25) is 5.15 Å². The Morgan fingerprint density at radius 1 is 1.47 bits per heavy atom. The van der Waals surface area contributed by atoms with Crippen molar-refractivity contribution < 1.29 is 9.59 Å². The van der Waals surface area contributed by atoms with Crippen molar-refractivity contribution in [3.05, 3.63) is 28.5 Å². The van der Waals surface area contributed by atoms with Gasteiger partial charge in [-0.25, -0.2) is 4.98 Å². The summed E-state index contributed by atoms with van der Waals surface area (Å²) < 4.78 is 0. The molecule has 0 radical (unpaired) electrons. The molecular formula is C11H14ClN3O2. The SMILES string of the molecule is CCc1cc(C(=O)N(C)CC(N)=O)cc(Cl)n1. The lowest BCUT2D eigenvalue weighted by atomic mass is 10.2. The third-order valence-electron chi connectivity index (χ3n) is 2.20. The van der Waals surface area contributed by atoms with Crippen molar-refractivity contribution >= 4 is 23.4 Å². The summed E-state index contributed by atoms with van der Waals surface area (Å²) in [6, 6.07) is 3.13. The molecule has 0 bridgehead atoms.